The van der Waals surface area contributed by atoms with E-state index in [1.807, 2.05) is 12.1 Å². The van der Waals surface area contributed by atoms with E-state index in [0.29, 0.717) is 19.0 Å². The summed E-state index contributed by atoms with van der Waals surface area (Å²) in [4.78, 5) is 12.1. The largest absolute Gasteiger partial charge is 0.469 e. The van der Waals surface area contributed by atoms with Gasteiger partial charge in [0.15, 0.2) is 0 Å². The predicted molar refractivity (Wildman–Crippen MR) is 69.9 cm³/mol. The molecular weight excluding hydrogens is 228 g/mol. The zero-order chi connectivity index (χ0) is 12.8. The number of carbonyl (C=O) groups excluding carboxylic acids is 1. The van der Waals surface area contributed by atoms with Crippen LogP contribution in [0, 0.1) is 11.8 Å². The van der Waals surface area contributed by atoms with Crippen LogP contribution in [0.4, 0.5) is 0 Å². The number of hydrogen-bond donors (Lipinski definition) is 2. The zero-order valence-electron chi connectivity index (χ0n) is 10.7. The minimum absolute atomic E-state index is 0.111. The average molecular weight is 250 g/mol. The normalized spacial score (nSPS) is 23.8. The van der Waals surface area contributed by atoms with Gasteiger partial charge in [0, 0.05) is 18.9 Å². The maximum Gasteiger partial charge on any atom is 0.223 e. The fraction of sp³-hybridized carbons (Fsp3) is 0.643. The van der Waals surface area contributed by atoms with Crippen LogP contribution in [-0.4, -0.2) is 19.0 Å². The van der Waals surface area contributed by atoms with Crippen molar-refractivity contribution in [3.8, 4) is 0 Å². The first-order chi connectivity index (χ1) is 8.81. The van der Waals surface area contributed by atoms with Gasteiger partial charge in [-0.3, -0.25) is 4.79 Å². The van der Waals surface area contributed by atoms with Crippen molar-refractivity contribution in [3.63, 3.8) is 0 Å². The molecule has 4 nitrogen and oxygen atoms in total. The molecule has 0 aromatic carbocycles. The molecule has 1 aromatic rings. The second-order valence-corrected chi connectivity index (χ2v) is 5.01. The van der Waals surface area contributed by atoms with Crippen molar-refractivity contribution in [2.75, 3.05) is 13.1 Å². The molecule has 2 rings (SSSR count). The van der Waals surface area contributed by atoms with Crippen LogP contribution < -0.4 is 11.1 Å². The molecule has 3 N–H and O–H groups in total. The van der Waals surface area contributed by atoms with Crippen LogP contribution in [0.1, 0.15) is 31.4 Å². The topological polar surface area (TPSA) is 68.3 Å². The average Bonchev–Trinajstić information content (AvgIpc) is 2.91. The first-order valence-corrected chi connectivity index (χ1v) is 6.81. The molecule has 4 heteroatoms. The first-order valence-electron chi connectivity index (χ1n) is 6.81. The summed E-state index contributed by atoms with van der Waals surface area (Å²) in [5.41, 5.74) is 5.74. The van der Waals surface area contributed by atoms with Gasteiger partial charge in [-0.05, 0) is 37.4 Å². The summed E-state index contributed by atoms with van der Waals surface area (Å²) >= 11 is 0. The minimum atomic E-state index is 0.111. The Kier molecular flexibility index (Phi) is 4.81. The standard InChI is InChI=1S/C14H22N2O2/c15-10-11-4-1-2-6-13(11)14(17)16-8-7-12-5-3-9-18-12/h3,5,9,11,13H,1-2,4,6-8,10,15H2,(H,16,17). The van der Waals surface area contributed by atoms with E-state index < -0.39 is 0 Å². The molecule has 1 fully saturated rings. The molecule has 2 atom stereocenters. The van der Waals surface area contributed by atoms with Crippen molar-refractivity contribution < 1.29 is 9.21 Å². The van der Waals surface area contributed by atoms with Crippen molar-refractivity contribution in [2.45, 2.75) is 32.1 Å². The van der Waals surface area contributed by atoms with E-state index in [0.717, 1.165) is 31.4 Å². The highest BCUT2D eigenvalue weighted by Crippen LogP contribution is 2.29. The maximum atomic E-state index is 12.1. The van der Waals surface area contributed by atoms with Crippen molar-refractivity contribution in [2.24, 2.45) is 17.6 Å². The quantitative estimate of drug-likeness (QED) is 0.835. The van der Waals surface area contributed by atoms with E-state index in [4.69, 9.17) is 10.2 Å². The Morgan fingerprint density at radius 1 is 1.44 bits per heavy atom. The molecule has 1 amide bonds. The monoisotopic (exact) mass is 250 g/mol. The van der Waals surface area contributed by atoms with Gasteiger partial charge in [-0.2, -0.15) is 0 Å². The van der Waals surface area contributed by atoms with Crippen molar-refractivity contribution in [3.05, 3.63) is 24.2 Å². The van der Waals surface area contributed by atoms with Gasteiger partial charge < -0.3 is 15.5 Å². The summed E-state index contributed by atoms with van der Waals surface area (Å²) in [5.74, 6) is 1.55. The Morgan fingerprint density at radius 2 is 2.28 bits per heavy atom. The van der Waals surface area contributed by atoms with Gasteiger partial charge in [0.1, 0.15) is 5.76 Å². The Morgan fingerprint density at radius 3 is 3.00 bits per heavy atom. The number of nitrogens with two attached hydrogens (primary N) is 1. The zero-order valence-corrected chi connectivity index (χ0v) is 10.7. The summed E-state index contributed by atoms with van der Waals surface area (Å²) in [6.45, 7) is 1.26. The molecule has 0 aliphatic heterocycles. The fourth-order valence-corrected chi connectivity index (χ4v) is 2.73. The van der Waals surface area contributed by atoms with E-state index in [2.05, 4.69) is 5.32 Å². The highest BCUT2D eigenvalue weighted by Gasteiger charge is 2.29. The number of furan rings is 1. The molecule has 100 valence electrons. The summed E-state index contributed by atoms with van der Waals surface area (Å²) in [5, 5.41) is 3.00. The first kappa shape index (κ1) is 13.1. The summed E-state index contributed by atoms with van der Waals surface area (Å²) < 4.78 is 5.23. The van der Waals surface area contributed by atoms with Crippen LogP contribution >= 0.6 is 0 Å². The Balaban J connectivity index is 1.76. The van der Waals surface area contributed by atoms with Crippen LogP contribution in [0.2, 0.25) is 0 Å². The molecule has 18 heavy (non-hydrogen) atoms. The van der Waals surface area contributed by atoms with Gasteiger partial charge >= 0.3 is 0 Å². The molecule has 2 unspecified atom stereocenters. The van der Waals surface area contributed by atoms with Gasteiger partial charge in [-0.25, -0.2) is 0 Å². The SMILES string of the molecule is NCC1CCCCC1C(=O)NCCc1ccco1. The lowest BCUT2D eigenvalue weighted by molar-refractivity contribution is -0.127. The van der Waals surface area contributed by atoms with Crippen molar-refractivity contribution in [1.82, 2.24) is 5.32 Å². The molecule has 0 saturated heterocycles. The van der Waals surface area contributed by atoms with Crippen LogP contribution in [-0.2, 0) is 11.2 Å². The Bertz CT molecular complexity index is 362. The summed E-state index contributed by atoms with van der Waals surface area (Å²) in [6, 6.07) is 3.79. The molecule has 0 radical (unpaired) electrons. The molecule has 1 aliphatic carbocycles. The smallest absolute Gasteiger partial charge is 0.223 e. The number of carbonyl (C=O) groups is 1. The number of hydrogen-bond acceptors (Lipinski definition) is 3. The van der Waals surface area contributed by atoms with Crippen LogP contribution in [0.5, 0.6) is 0 Å². The maximum absolute atomic E-state index is 12.1. The lowest BCUT2D eigenvalue weighted by Gasteiger charge is -2.29. The molecule has 1 heterocycles. The van der Waals surface area contributed by atoms with E-state index in [1.54, 1.807) is 6.26 Å². The van der Waals surface area contributed by atoms with Crippen LogP contribution in [0.25, 0.3) is 0 Å². The predicted octanol–water partition coefficient (Wildman–Crippen LogP) is 1.70. The van der Waals surface area contributed by atoms with Gasteiger partial charge in [0.05, 0.1) is 6.26 Å². The fourth-order valence-electron chi connectivity index (χ4n) is 2.73. The third-order valence-electron chi connectivity index (χ3n) is 3.80. The summed E-state index contributed by atoms with van der Waals surface area (Å²) in [7, 11) is 0. The Hall–Kier alpha value is -1.29. The lowest BCUT2D eigenvalue weighted by atomic mass is 9.79. The van der Waals surface area contributed by atoms with E-state index >= 15 is 0 Å². The molecule has 1 aliphatic rings. The highest BCUT2D eigenvalue weighted by molar-refractivity contribution is 5.79. The van der Waals surface area contributed by atoms with Gasteiger partial charge in [0.25, 0.3) is 0 Å². The van der Waals surface area contributed by atoms with Crippen LogP contribution in [0.15, 0.2) is 22.8 Å². The molecular formula is C14H22N2O2. The molecule has 0 bridgehead atoms. The highest BCUT2D eigenvalue weighted by atomic mass is 16.3. The van der Waals surface area contributed by atoms with Crippen LogP contribution in [0.3, 0.4) is 0 Å². The van der Waals surface area contributed by atoms with Gasteiger partial charge in [-0.1, -0.05) is 12.8 Å². The Labute approximate surface area is 108 Å². The second-order valence-electron chi connectivity index (χ2n) is 5.01. The van der Waals surface area contributed by atoms with E-state index in [9.17, 15) is 4.79 Å². The van der Waals surface area contributed by atoms with Gasteiger partial charge in [-0.15, -0.1) is 0 Å². The van der Waals surface area contributed by atoms with Crippen molar-refractivity contribution >= 4 is 5.91 Å². The van der Waals surface area contributed by atoms with Gasteiger partial charge in [0.2, 0.25) is 5.91 Å². The number of rotatable bonds is 5. The molecule has 1 saturated carbocycles. The number of amides is 1. The van der Waals surface area contributed by atoms with E-state index in [1.165, 1.54) is 6.42 Å². The molecule has 1 aromatic heterocycles. The second kappa shape index (κ2) is 6.59. The number of nitrogens with one attached hydrogen (secondary N) is 1. The van der Waals surface area contributed by atoms with Crippen molar-refractivity contribution in [1.29, 1.82) is 0 Å². The minimum Gasteiger partial charge on any atom is -0.469 e. The summed E-state index contributed by atoms with van der Waals surface area (Å²) in [6.07, 6.45) is 6.83. The lowest BCUT2D eigenvalue weighted by Crippen LogP contribution is -2.40. The third kappa shape index (κ3) is 3.35. The third-order valence-corrected chi connectivity index (χ3v) is 3.80. The molecule has 0 spiro atoms. The van der Waals surface area contributed by atoms with E-state index in [-0.39, 0.29) is 11.8 Å².